The monoisotopic (exact) mass is 350 g/mol. The molecule has 3 heterocycles. The summed E-state index contributed by atoms with van der Waals surface area (Å²) in [5.74, 6) is 1.65. The molecule has 1 aromatic carbocycles. The van der Waals surface area contributed by atoms with E-state index in [9.17, 15) is 4.79 Å². The molecule has 0 fully saturated rings. The third-order valence-corrected chi connectivity index (χ3v) is 4.41. The summed E-state index contributed by atoms with van der Waals surface area (Å²) in [6, 6.07) is 10.9. The summed E-state index contributed by atoms with van der Waals surface area (Å²) in [6.07, 6.45) is 3.31. The number of furan rings is 1. The van der Waals surface area contributed by atoms with Gasteiger partial charge in [-0.3, -0.25) is 9.89 Å². The van der Waals surface area contributed by atoms with Crippen LogP contribution in [0.15, 0.2) is 64.5 Å². The summed E-state index contributed by atoms with van der Waals surface area (Å²) in [5.41, 5.74) is 2.89. The number of methoxy groups -OCH3 is 1. The number of amides is 1. The van der Waals surface area contributed by atoms with Crippen LogP contribution in [0.4, 0.5) is 11.5 Å². The molecule has 7 nitrogen and oxygen atoms in total. The van der Waals surface area contributed by atoms with Crippen LogP contribution >= 0.6 is 0 Å². The minimum absolute atomic E-state index is 0.201. The van der Waals surface area contributed by atoms with Gasteiger partial charge in [0.05, 0.1) is 31.1 Å². The van der Waals surface area contributed by atoms with Gasteiger partial charge in [0.1, 0.15) is 17.3 Å². The number of H-pyrrole nitrogens is 1. The van der Waals surface area contributed by atoms with Crippen LogP contribution in [-0.4, -0.2) is 23.2 Å². The van der Waals surface area contributed by atoms with Crippen molar-refractivity contribution in [3.63, 3.8) is 0 Å². The first-order valence-electron chi connectivity index (χ1n) is 8.17. The van der Waals surface area contributed by atoms with Crippen molar-refractivity contribution in [2.45, 2.75) is 12.8 Å². The predicted molar refractivity (Wildman–Crippen MR) is 97.1 cm³/mol. The van der Waals surface area contributed by atoms with E-state index < -0.39 is 0 Å². The van der Waals surface area contributed by atoms with Crippen LogP contribution in [0.2, 0.25) is 0 Å². The number of allylic oxidation sites excluding steroid dienone is 1. The van der Waals surface area contributed by atoms with Crippen LogP contribution in [0.5, 0.6) is 5.75 Å². The van der Waals surface area contributed by atoms with Crippen molar-refractivity contribution >= 4 is 17.4 Å². The number of nitrogens with zero attached hydrogens (tertiary/aromatic N) is 1. The normalized spacial score (nSPS) is 16.0. The van der Waals surface area contributed by atoms with Crippen molar-refractivity contribution in [1.82, 2.24) is 10.2 Å². The number of aromatic amines is 1. The van der Waals surface area contributed by atoms with Gasteiger partial charge >= 0.3 is 0 Å². The van der Waals surface area contributed by atoms with E-state index in [-0.39, 0.29) is 11.8 Å². The van der Waals surface area contributed by atoms with Crippen molar-refractivity contribution in [3.8, 4) is 5.75 Å². The highest BCUT2D eigenvalue weighted by atomic mass is 16.5. The van der Waals surface area contributed by atoms with Crippen molar-refractivity contribution in [2.24, 2.45) is 0 Å². The second-order valence-electron chi connectivity index (χ2n) is 6.00. The Labute approximate surface area is 150 Å². The zero-order valence-electron chi connectivity index (χ0n) is 14.4. The van der Waals surface area contributed by atoms with Gasteiger partial charge in [-0.1, -0.05) is 0 Å². The van der Waals surface area contributed by atoms with Crippen molar-refractivity contribution in [2.75, 3.05) is 17.7 Å². The molecule has 1 amide bonds. The molecule has 0 aliphatic carbocycles. The van der Waals surface area contributed by atoms with Gasteiger partial charge in [-0.15, -0.1) is 0 Å². The standard InChI is InChI=1S/C19H18N4O3/c1-11-16(19(24)22-12-5-7-13(25-2)8-6-12)17(15-4-3-9-26-15)14-10-20-23-18(14)21-11/h3-10,17H,1-2H3,(H,22,24)(H2,20,21,23). The molecule has 132 valence electrons. The lowest BCUT2D eigenvalue weighted by Crippen LogP contribution is -2.26. The number of benzene rings is 1. The fraction of sp³-hybridized carbons (Fsp3) is 0.158. The average Bonchev–Trinajstić information content (AvgIpc) is 3.32. The lowest BCUT2D eigenvalue weighted by atomic mass is 9.86. The number of ether oxygens (including phenoxy) is 1. The van der Waals surface area contributed by atoms with Crippen LogP contribution in [0, 0.1) is 0 Å². The third-order valence-electron chi connectivity index (χ3n) is 4.41. The molecule has 0 radical (unpaired) electrons. The Morgan fingerprint density at radius 3 is 2.77 bits per heavy atom. The van der Waals surface area contributed by atoms with Crippen LogP contribution in [0.3, 0.4) is 0 Å². The molecule has 0 spiro atoms. The Bertz CT molecular complexity index is 955. The molecule has 7 heteroatoms. The number of carbonyl (C=O) groups is 1. The van der Waals surface area contributed by atoms with Gasteiger partial charge < -0.3 is 19.8 Å². The van der Waals surface area contributed by atoms with Crippen LogP contribution in [0.1, 0.15) is 24.2 Å². The van der Waals surface area contributed by atoms with Crippen molar-refractivity contribution in [3.05, 3.63) is 71.5 Å². The highest BCUT2D eigenvalue weighted by Crippen LogP contribution is 2.41. The van der Waals surface area contributed by atoms with Gasteiger partial charge in [0.2, 0.25) is 0 Å². The smallest absolute Gasteiger partial charge is 0.254 e. The lowest BCUT2D eigenvalue weighted by Gasteiger charge is -2.26. The first-order valence-corrected chi connectivity index (χ1v) is 8.17. The molecule has 1 aliphatic heterocycles. The third kappa shape index (κ3) is 2.73. The van der Waals surface area contributed by atoms with E-state index in [1.54, 1.807) is 43.8 Å². The van der Waals surface area contributed by atoms with E-state index in [0.717, 1.165) is 22.8 Å². The number of fused-ring (bicyclic) bond motifs is 1. The Morgan fingerprint density at radius 1 is 1.27 bits per heavy atom. The van der Waals surface area contributed by atoms with Gasteiger partial charge in [-0.25, -0.2) is 0 Å². The Kier molecular flexibility index (Phi) is 3.96. The Morgan fingerprint density at radius 2 is 2.08 bits per heavy atom. The van der Waals surface area contributed by atoms with Crippen LogP contribution in [0.25, 0.3) is 0 Å². The van der Waals surface area contributed by atoms with E-state index in [0.29, 0.717) is 17.0 Å². The van der Waals surface area contributed by atoms with E-state index in [4.69, 9.17) is 9.15 Å². The van der Waals surface area contributed by atoms with Gasteiger partial charge in [0.25, 0.3) is 5.91 Å². The van der Waals surface area contributed by atoms with E-state index in [1.807, 2.05) is 19.1 Å². The molecule has 3 aromatic rings. The number of anilines is 2. The largest absolute Gasteiger partial charge is 0.497 e. The molecule has 1 aliphatic rings. The first-order chi connectivity index (χ1) is 12.7. The van der Waals surface area contributed by atoms with Crippen molar-refractivity contribution in [1.29, 1.82) is 0 Å². The molecular formula is C19H18N4O3. The summed E-state index contributed by atoms with van der Waals surface area (Å²) in [5, 5.41) is 13.2. The number of rotatable bonds is 4. The maximum absolute atomic E-state index is 13.1. The molecule has 0 saturated heterocycles. The fourth-order valence-corrected chi connectivity index (χ4v) is 3.17. The summed E-state index contributed by atoms with van der Waals surface area (Å²) in [4.78, 5) is 13.1. The number of hydrogen-bond acceptors (Lipinski definition) is 5. The molecule has 3 N–H and O–H groups in total. The van der Waals surface area contributed by atoms with Crippen LogP contribution < -0.4 is 15.4 Å². The van der Waals surface area contributed by atoms with Crippen molar-refractivity contribution < 1.29 is 13.9 Å². The SMILES string of the molecule is COc1ccc(NC(=O)C2=C(C)Nc3[nH]ncc3C2c2ccco2)cc1. The molecule has 1 unspecified atom stereocenters. The van der Waals surface area contributed by atoms with E-state index >= 15 is 0 Å². The van der Waals surface area contributed by atoms with Gasteiger partial charge in [0.15, 0.2) is 0 Å². The topological polar surface area (TPSA) is 92.2 Å². The molecule has 26 heavy (non-hydrogen) atoms. The second-order valence-corrected chi connectivity index (χ2v) is 6.00. The number of aromatic nitrogens is 2. The Hall–Kier alpha value is -3.48. The summed E-state index contributed by atoms with van der Waals surface area (Å²) in [6.45, 7) is 1.86. The van der Waals surface area contributed by atoms with Gasteiger partial charge in [-0.2, -0.15) is 5.10 Å². The molecule has 1 atom stereocenters. The van der Waals surface area contributed by atoms with E-state index in [2.05, 4.69) is 20.8 Å². The maximum Gasteiger partial charge on any atom is 0.254 e. The number of nitrogens with one attached hydrogen (secondary N) is 3. The molecule has 4 rings (SSSR count). The highest BCUT2D eigenvalue weighted by Gasteiger charge is 2.35. The minimum Gasteiger partial charge on any atom is -0.497 e. The number of hydrogen-bond donors (Lipinski definition) is 3. The Balaban J connectivity index is 1.69. The summed E-state index contributed by atoms with van der Waals surface area (Å²) in [7, 11) is 1.60. The maximum atomic E-state index is 13.1. The quantitative estimate of drug-likeness (QED) is 0.670. The average molecular weight is 350 g/mol. The lowest BCUT2D eigenvalue weighted by molar-refractivity contribution is -0.113. The van der Waals surface area contributed by atoms with Gasteiger partial charge in [-0.05, 0) is 43.3 Å². The molecule has 0 bridgehead atoms. The first kappa shape index (κ1) is 16.0. The second kappa shape index (κ2) is 6.44. The molecule has 0 saturated carbocycles. The zero-order valence-corrected chi connectivity index (χ0v) is 14.4. The van der Waals surface area contributed by atoms with Gasteiger partial charge in [0, 0.05) is 16.9 Å². The zero-order chi connectivity index (χ0) is 18.1. The highest BCUT2D eigenvalue weighted by molar-refractivity contribution is 6.06. The summed E-state index contributed by atoms with van der Waals surface area (Å²) >= 11 is 0. The summed E-state index contributed by atoms with van der Waals surface area (Å²) < 4.78 is 10.8. The fourth-order valence-electron chi connectivity index (χ4n) is 3.17. The van der Waals surface area contributed by atoms with E-state index in [1.165, 1.54) is 0 Å². The predicted octanol–water partition coefficient (Wildman–Crippen LogP) is 3.48. The minimum atomic E-state index is -0.335. The van der Waals surface area contributed by atoms with Crippen LogP contribution in [-0.2, 0) is 4.79 Å². The number of carbonyl (C=O) groups excluding carboxylic acids is 1. The molecule has 2 aromatic heterocycles. The molecular weight excluding hydrogens is 332 g/mol.